The first kappa shape index (κ1) is 18.6. The van der Waals surface area contributed by atoms with E-state index in [-0.39, 0.29) is 17.5 Å². The molecule has 2 aromatic rings. The SMILES string of the molecule is CCOC(=O)c1ccc(S(=O)(=O)N2CCC[C@@H]2c2ccc(C)cc2)cc1. The molecule has 0 aromatic heterocycles. The summed E-state index contributed by atoms with van der Waals surface area (Å²) >= 11 is 0. The van der Waals surface area contributed by atoms with Gasteiger partial charge in [-0.15, -0.1) is 0 Å². The van der Waals surface area contributed by atoms with Gasteiger partial charge < -0.3 is 4.74 Å². The van der Waals surface area contributed by atoms with Crippen LogP contribution in [-0.4, -0.2) is 31.8 Å². The van der Waals surface area contributed by atoms with Crippen molar-refractivity contribution in [3.05, 3.63) is 65.2 Å². The molecular formula is C20H23NO4S. The smallest absolute Gasteiger partial charge is 0.338 e. The molecule has 0 amide bonds. The van der Waals surface area contributed by atoms with Crippen LogP contribution >= 0.6 is 0 Å². The predicted molar refractivity (Wildman–Crippen MR) is 99.4 cm³/mol. The van der Waals surface area contributed by atoms with Crippen molar-refractivity contribution in [3.63, 3.8) is 0 Å². The minimum atomic E-state index is -3.62. The van der Waals surface area contributed by atoms with Crippen molar-refractivity contribution < 1.29 is 17.9 Å². The second-order valence-corrected chi connectivity index (χ2v) is 8.32. The Morgan fingerprint density at radius 1 is 1.12 bits per heavy atom. The average molecular weight is 373 g/mol. The molecule has 26 heavy (non-hydrogen) atoms. The molecule has 2 aromatic carbocycles. The predicted octanol–water partition coefficient (Wildman–Crippen LogP) is 3.70. The quantitative estimate of drug-likeness (QED) is 0.750. The van der Waals surface area contributed by atoms with Crippen LogP contribution < -0.4 is 0 Å². The number of benzene rings is 2. The summed E-state index contributed by atoms with van der Waals surface area (Å²) in [4.78, 5) is 11.9. The third-order valence-electron chi connectivity index (χ3n) is 4.64. The largest absolute Gasteiger partial charge is 0.462 e. The molecule has 1 atom stereocenters. The van der Waals surface area contributed by atoms with E-state index in [9.17, 15) is 13.2 Å². The van der Waals surface area contributed by atoms with Crippen molar-refractivity contribution in [2.24, 2.45) is 0 Å². The number of carbonyl (C=O) groups excluding carboxylic acids is 1. The van der Waals surface area contributed by atoms with Gasteiger partial charge in [-0.25, -0.2) is 13.2 Å². The maximum atomic E-state index is 13.1. The van der Waals surface area contributed by atoms with Gasteiger partial charge in [0.25, 0.3) is 0 Å². The maximum absolute atomic E-state index is 13.1. The Kier molecular flexibility index (Phi) is 5.44. The number of aryl methyl sites for hydroxylation is 1. The summed E-state index contributed by atoms with van der Waals surface area (Å²) in [5, 5.41) is 0. The number of hydrogen-bond donors (Lipinski definition) is 0. The molecule has 0 unspecified atom stereocenters. The second kappa shape index (κ2) is 7.60. The molecule has 1 aliphatic heterocycles. The van der Waals surface area contributed by atoms with Gasteiger partial charge in [-0.05, 0) is 56.5 Å². The van der Waals surface area contributed by atoms with Gasteiger partial charge in [-0.2, -0.15) is 4.31 Å². The summed E-state index contributed by atoms with van der Waals surface area (Å²) in [6.07, 6.45) is 1.64. The van der Waals surface area contributed by atoms with E-state index in [1.54, 1.807) is 11.2 Å². The zero-order valence-electron chi connectivity index (χ0n) is 15.0. The average Bonchev–Trinajstić information content (AvgIpc) is 3.13. The van der Waals surface area contributed by atoms with E-state index in [1.165, 1.54) is 24.3 Å². The molecule has 1 saturated heterocycles. The Bertz CT molecular complexity index is 873. The summed E-state index contributed by atoms with van der Waals surface area (Å²) in [7, 11) is -3.62. The highest BCUT2D eigenvalue weighted by Crippen LogP contribution is 2.36. The highest BCUT2D eigenvalue weighted by atomic mass is 32.2. The first-order valence-corrected chi connectivity index (χ1v) is 10.2. The van der Waals surface area contributed by atoms with E-state index in [4.69, 9.17) is 4.74 Å². The number of esters is 1. The lowest BCUT2D eigenvalue weighted by molar-refractivity contribution is 0.0526. The first-order chi connectivity index (χ1) is 12.4. The van der Waals surface area contributed by atoms with Crippen molar-refractivity contribution in [1.29, 1.82) is 0 Å². The summed E-state index contributed by atoms with van der Waals surface area (Å²) in [5.41, 5.74) is 2.51. The molecule has 0 spiro atoms. The van der Waals surface area contributed by atoms with E-state index in [2.05, 4.69) is 0 Å². The van der Waals surface area contributed by atoms with E-state index in [0.29, 0.717) is 12.1 Å². The Morgan fingerprint density at radius 2 is 1.77 bits per heavy atom. The third kappa shape index (κ3) is 3.66. The van der Waals surface area contributed by atoms with Gasteiger partial charge in [-0.3, -0.25) is 0 Å². The van der Waals surface area contributed by atoms with Gasteiger partial charge in [0.2, 0.25) is 10.0 Å². The topological polar surface area (TPSA) is 63.7 Å². The first-order valence-electron chi connectivity index (χ1n) is 8.79. The number of hydrogen-bond acceptors (Lipinski definition) is 4. The Morgan fingerprint density at radius 3 is 2.38 bits per heavy atom. The molecule has 0 radical (unpaired) electrons. The molecule has 0 aliphatic carbocycles. The van der Waals surface area contributed by atoms with Crippen LogP contribution in [0.2, 0.25) is 0 Å². The third-order valence-corrected chi connectivity index (χ3v) is 6.56. The molecule has 1 heterocycles. The van der Waals surface area contributed by atoms with E-state index < -0.39 is 16.0 Å². The zero-order chi connectivity index (χ0) is 18.7. The van der Waals surface area contributed by atoms with Crippen LogP contribution in [0.5, 0.6) is 0 Å². The Labute approximate surface area is 154 Å². The number of ether oxygens (including phenoxy) is 1. The van der Waals surface area contributed by atoms with E-state index in [1.807, 2.05) is 31.2 Å². The normalized spacial score (nSPS) is 18.0. The fourth-order valence-corrected chi connectivity index (χ4v) is 4.94. The fourth-order valence-electron chi connectivity index (χ4n) is 3.26. The van der Waals surface area contributed by atoms with Gasteiger partial charge >= 0.3 is 5.97 Å². The molecule has 6 heteroatoms. The van der Waals surface area contributed by atoms with Gasteiger partial charge in [0.05, 0.1) is 23.1 Å². The van der Waals surface area contributed by atoms with Crippen LogP contribution in [0.3, 0.4) is 0 Å². The van der Waals surface area contributed by atoms with Crippen molar-refractivity contribution in [2.45, 2.75) is 37.6 Å². The molecule has 5 nitrogen and oxygen atoms in total. The van der Waals surface area contributed by atoms with Crippen molar-refractivity contribution in [2.75, 3.05) is 13.2 Å². The van der Waals surface area contributed by atoms with Crippen LogP contribution in [0.1, 0.15) is 47.3 Å². The van der Waals surface area contributed by atoms with Crippen LogP contribution in [0.4, 0.5) is 0 Å². The second-order valence-electron chi connectivity index (χ2n) is 6.43. The number of carbonyl (C=O) groups is 1. The molecular weight excluding hydrogens is 350 g/mol. The van der Waals surface area contributed by atoms with Crippen molar-refractivity contribution >= 4 is 16.0 Å². The Balaban J connectivity index is 1.86. The van der Waals surface area contributed by atoms with E-state index in [0.717, 1.165) is 24.0 Å². The summed E-state index contributed by atoms with van der Waals surface area (Å²) in [6.45, 7) is 4.53. The highest BCUT2D eigenvalue weighted by Gasteiger charge is 2.36. The minimum Gasteiger partial charge on any atom is -0.462 e. The molecule has 1 fully saturated rings. The zero-order valence-corrected chi connectivity index (χ0v) is 15.8. The molecule has 1 aliphatic rings. The monoisotopic (exact) mass is 373 g/mol. The number of rotatable bonds is 5. The van der Waals surface area contributed by atoms with Gasteiger partial charge in [0, 0.05) is 6.54 Å². The minimum absolute atomic E-state index is 0.148. The number of sulfonamides is 1. The molecule has 0 N–H and O–H groups in total. The van der Waals surface area contributed by atoms with Crippen LogP contribution in [-0.2, 0) is 14.8 Å². The summed E-state index contributed by atoms with van der Waals surface area (Å²) in [5.74, 6) is -0.449. The standard InChI is InChI=1S/C20H23NO4S/c1-3-25-20(22)17-10-12-18(13-11-17)26(23,24)21-14-4-5-19(21)16-8-6-15(2)7-9-16/h6-13,19H,3-5,14H2,1-2H3/t19-/m1/s1. The molecule has 138 valence electrons. The van der Waals surface area contributed by atoms with Crippen LogP contribution in [0.25, 0.3) is 0 Å². The summed E-state index contributed by atoms with van der Waals surface area (Å²) in [6, 6.07) is 13.8. The van der Waals surface area contributed by atoms with Gasteiger partial charge in [-0.1, -0.05) is 29.8 Å². The highest BCUT2D eigenvalue weighted by molar-refractivity contribution is 7.89. The summed E-state index contributed by atoms with van der Waals surface area (Å²) < 4.78 is 32.7. The number of nitrogens with zero attached hydrogens (tertiary/aromatic N) is 1. The Hall–Kier alpha value is -2.18. The lowest BCUT2D eigenvalue weighted by Gasteiger charge is -2.24. The fraction of sp³-hybridized carbons (Fsp3) is 0.350. The van der Waals surface area contributed by atoms with Crippen molar-refractivity contribution in [1.82, 2.24) is 4.31 Å². The van der Waals surface area contributed by atoms with Crippen LogP contribution in [0.15, 0.2) is 53.4 Å². The molecule has 3 rings (SSSR count). The van der Waals surface area contributed by atoms with E-state index >= 15 is 0 Å². The lowest BCUT2D eigenvalue weighted by atomic mass is 10.0. The molecule has 0 bridgehead atoms. The van der Waals surface area contributed by atoms with Crippen LogP contribution in [0, 0.1) is 6.92 Å². The van der Waals surface area contributed by atoms with Crippen molar-refractivity contribution in [3.8, 4) is 0 Å². The maximum Gasteiger partial charge on any atom is 0.338 e. The van der Waals surface area contributed by atoms with Gasteiger partial charge in [0.15, 0.2) is 0 Å². The molecule has 0 saturated carbocycles. The lowest BCUT2D eigenvalue weighted by Crippen LogP contribution is -2.30. The van der Waals surface area contributed by atoms with Gasteiger partial charge in [0.1, 0.15) is 0 Å².